The van der Waals surface area contributed by atoms with Crippen molar-refractivity contribution in [3.05, 3.63) is 228 Å². The fraction of sp³-hybridized carbons (Fsp3) is 0.143. The topological polar surface area (TPSA) is 15.3 Å². The first-order valence-electron chi connectivity index (χ1n) is 20.8. The van der Waals surface area contributed by atoms with E-state index in [0.29, 0.717) is 0 Å². The Morgan fingerprint density at radius 1 is 0.586 bits per heavy atom. The van der Waals surface area contributed by atoms with E-state index >= 15 is 0 Å². The molecule has 58 heavy (non-hydrogen) atoms. The second-order valence-electron chi connectivity index (χ2n) is 15.0. The van der Waals surface area contributed by atoms with Crippen LogP contribution in [0.4, 0.5) is 17.1 Å². The van der Waals surface area contributed by atoms with Crippen LogP contribution >= 0.6 is 0 Å². The Bertz CT molecular complexity index is 2580. The highest BCUT2D eigenvalue weighted by Gasteiger charge is 2.15. The summed E-state index contributed by atoms with van der Waals surface area (Å²) in [6.45, 7) is 4.99. The van der Waals surface area contributed by atoms with Crippen molar-refractivity contribution in [2.75, 3.05) is 16.8 Å². The van der Waals surface area contributed by atoms with Crippen LogP contribution in [-0.4, -0.2) is 6.54 Å². The van der Waals surface area contributed by atoms with Crippen molar-refractivity contribution < 1.29 is 0 Å². The van der Waals surface area contributed by atoms with Crippen molar-refractivity contribution in [1.82, 2.24) is 0 Å². The van der Waals surface area contributed by atoms with Crippen molar-refractivity contribution >= 4 is 33.4 Å². The number of anilines is 3. The van der Waals surface area contributed by atoms with Gasteiger partial charge in [-0.05, 0) is 149 Å². The van der Waals surface area contributed by atoms with Crippen LogP contribution in [0.25, 0.3) is 38.6 Å². The van der Waals surface area contributed by atoms with Crippen LogP contribution in [0.15, 0.2) is 206 Å². The highest BCUT2D eigenvalue weighted by atomic mass is 15.1. The lowest BCUT2D eigenvalue weighted by Gasteiger charge is -2.26. The van der Waals surface area contributed by atoms with Crippen molar-refractivity contribution in [3.8, 4) is 22.3 Å². The molecule has 0 saturated heterocycles. The Morgan fingerprint density at radius 3 is 2.10 bits per heavy atom. The molecular weight excluding hydrogens is 701 g/mol. The predicted molar refractivity (Wildman–Crippen MR) is 251 cm³/mol. The van der Waals surface area contributed by atoms with E-state index in [4.69, 9.17) is 0 Å². The molecule has 0 unspecified atom stereocenters. The summed E-state index contributed by atoms with van der Waals surface area (Å²) in [5, 5.41) is 6.11. The fourth-order valence-corrected chi connectivity index (χ4v) is 8.33. The molecule has 7 aromatic carbocycles. The first kappa shape index (κ1) is 38.2. The minimum Gasteiger partial charge on any atom is -0.382 e. The monoisotopic (exact) mass is 752 g/mol. The van der Waals surface area contributed by atoms with Crippen LogP contribution in [0, 0.1) is 0 Å². The number of benzene rings is 7. The largest absolute Gasteiger partial charge is 0.382 e. The van der Waals surface area contributed by atoms with E-state index < -0.39 is 0 Å². The highest BCUT2D eigenvalue weighted by molar-refractivity contribution is 5.97. The Balaban J connectivity index is 0.919. The molecule has 0 amide bonds. The highest BCUT2D eigenvalue weighted by Crippen LogP contribution is 2.35. The molecule has 1 N–H and O–H groups in total. The molecule has 0 aromatic heterocycles. The summed E-state index contributed by atoms with van der Waals surface area (Å²) in [4.78, 5) is 2.33. The summed E-state index contributed by atoms with van der Waals surface area (Å²) in [5.41, 5.74) is 16.5. The van der Waals surface area contributed by atoms with Crippen molar-refractivity contribution in [2.45, 2.75) is 46.0 Å². The summed E-state index contributed by atoms with van der Waals surface area (Å²) in [6.07, 6.45) is 19.2. The van der Waals surface area contributed by atoms with Crippen molar-refractivity contribution in [3.63, 3.8) is 0 Å². The summed E-state index contributed by atoms with van der Waals surface area (Å²) < 4.78 is 0. The van der Waals surface area contributed by atoms with Crippen LogP contribution in [0.5, 0.6) is 0 Å². The maximum Gasteiger partial charge on any atom is 0.0461 e. The molecule has 2 heteroatoms. The van der Waals surface area contributed by atoms with Gasteiger partial charge in [-0.15, -0.1) is 0 Å². The van der Waals surface area contributed by atoms with Gasteiger partial charge in [0.2, 0.25) is 0 Å². The van der Waals surface area contributed by atoms with Crippen LogP contribution in [0.3, 0.4) is 0 Å². The number of nitrogens with one attached hydrogen (secondary N) is 1. The number of para-hydroxylation sites is 1. The van der Waals surface area contributed by atoms with E-state index in [1.807, 2.05) is 0 Å². The average Bonchev–Trinajstić information content (AvgIpc) is 3.29. The molecule has 0 radical (unpaired) electrons. The number of hydrogen-bond donors (Lipinski definition) is 1. The van der Waals surface area contributed by atoms with Gasteiger partial charge in [-0.25, -0.2) is 0 Å². The molecule has 0 aliphatic heterocycles. The molecule has 286 valence electrons. The molecule has 0 heterocycles. The quantitative estimate of drug-likeness (QED) is 0.118. The summed E-state index contributed by atoms with van der Waals surface area (Å²) in [6, 6.07) is 59.4. The zero-order valence-corrected chi connectivity index (χ0v) is 33.7. The number of rotatable bonds is 13. The Kier molecular flexibility index (Phi) is 12.2. The van der Waals surface area contributed by atoms with Gasteiger partial charge in [-0.1, -0.05) is 158 Å². The zero-order valence-electron chi connectivity index (χ0n) is 33.7. The number of nitrogens with zero attached hydrogens (tertiary/aromatic N) is 1. The number of allylic oxidation sites excluding steroid dienone is 6. The molecule has 0 bridgehead atoms. The maximum absolute atomic E-state index is 3.59. The van der Waals surface area contributed by atoms with Gasteiger partial charge in [0.1, 0.15) is 0 Å². The lowest BCUT2D eigenvalue weighted by atomic mass is 9.86. The number of fused-ring (bicyclic) bond motifs is 2. The van der Waals surface area contributed by atoms with Crippen LogP contribution in [0.1, 0.15) is 48.9 Å². The van der Waals surface area contributed by atoms with Crippen molar-refractivity contribution in [2.24, 2.45) is 0 Å². The molecular formula is C56H52N2. The summed E-state index contributed by atoms with van der Waals surface area (Å²) >= 11 is 0. The number of aryl methyl sites for hydroxylation is 1. The molecule has 7 aromatic rings. The van der Waals surface area contributed by atoms with E-state index in [1.54, 1.807) is 5.56 Å². The second-order valence-corrected chi connectivity index (χ2v) is 15.0. The van der Waals surface area contributed by atoms with E-state index in [2.05, 4.69) is 224 Å². The first-order chi connectivity index (χ1) is 28.7. The third-order valence-corrected chi connectivity index (χ3v) is 11.3. The van der Waals surface area contributed by atoms with Gasteiger partial charge >= 0.3 is 0 Å². The standard InChI is InChI=1S/C56H52N2/c1-3-43(24-16-40-57-49-36-32-46(33-37-49)55-30-14-21-44-19-8-10-28-53(44)55)48-23-12-17-42(41-48)18-13-27-50(4-2)58(51-25-6-5-7-26-51)52-38-34-47(35-39-52)56-31-15-22-45-20-9-11-29-54(45)56/h3-7,9,11-17,20-27,29-39,41,57H,8,10,18-19,28,40H2,1-2H3/b24-16-,27-13-,43-3+,50-4+. The van der Waals surface area contributed by atoms with Crippen LogP contribution in [0.2, 0.25) is 0 Å². The molecule has 0 atom stereocenters. The zero-order chi connectivity index (χ0) is 39.5. The normalized spacial score (nSPS) is 13.3. The Morgan fingerprint density at radius 2 is 1.28 bits per heavy atom. The Labute approximate surface area is 345 Å². The SMILES string of the molecule is C/C=C(\C=C/CNc1ccc(-c2cccc3c2CCCC3)cc1)c1cccc(C/C=C\C(=C/C)N(c2ccccc2)c2ccc(-c3cccc4ccccc34)cc2)c1. The molecule has 0 fully saturated rings. The van der Waals surface area contributed by atoms with E-state index in [-0.39, 0.29) is 0 Å². The van der Waals surface area contributed by atoms with Crippen LogP contribution in [-0.2, 0) is 19.3 Å². The third kappa shape index (κ3) is 8.83. The fourth-order valence-electron chi connectivity index (χ4n) is 8.33. The molecule has 1 aliphatic carbocycles. The molecule has 0 saturated carbocycles. The van der Waals surface area contributed by atoms with Gasteiger partial charge in [0, 0.05) is 29.3 Å². The van der Waals surface area contributed by atoms with Gasteiger partial charge in [-0.2, -0.15) is 0 Å². The lowest BCUT2D eigenvalue weighted by molar-refractivity contribution is 0.687. The molecule has 0 spiro atoms. The smallest absolute Gasteiger partial charge is 0.0461 e. The van der Waals surface area contributed by atoms with Crippen LogP contribution < -0.4 is 10.2 Å². The van der Waals surface area contributed by atoms with Crippen molar-refractivity contribution in [1.29, 1.82) is 0 Å². The third-order valence-electron chi connectivity index (χ3n) is 11.3. The second kappa shape index (κ2) is 18.5. The molecule has 2 nitrogen and oxygen atoms in total. The number of hydrogen-bond acceptors (Lipinski definition) is 2. The van der Waals surface area contributed by atoms with Gasteiger partial charge < -0.3 is 10.2 Å². The van der Waals surface area contributed by atoms with Gasteiger partial charge in [0.25, 0.3) is 0 Å². The molecule has 8 rings (SSSR count). The van der Waals surface area contributed by atoms with Gasteiger partial charge in [0.15, 0.2) is 0 Å². The van der Waals surface area contributed by atoms with E-state index in [9.17, 15) is 0 Å². The average molecular weight is 753 g/mol. The minimum absolute atomic E-state index is 0.760. The van der Waals surface area contributed by atoms with Gasteiger partial charge in [-0.3, -0.25) is 0 Å². The van der Waals surface area contributed by atoms with Gasteiger partial charge in [0.05, 0.1) is 0 Å². The molecule has 1 aliphatic rings. The lowest BCUT2D eigenvalue weighted by Crippen LogP contribution is -2.15. The minimum atomic E-state index is 0.760. The van der Waals surface area contributed by atoms with E-state index in [0.717, 1.165) is 35.7 Å². The Hall–Kier alpha value is -6.64. The summed E-state index contributed by atoms with van der Waals surface area (Å²) in [7, 11) is 0. The first-order valence-corrected chi connectivity index (χ1v) is 20.8. The maximum atomic E-state index is 3.59. The summed E-state index contributed by atoms with van der Waals surface area (Å²) in [5.74, 6) is 0. The predicted octanol–water partition coefficient (Wildman–Crippen LogP) is 15.0. The van der Waals surface area contributed by atoms with E-state index in [1.165, 1.54) is 81.0 Å².